The van der Waals surface area contributed by atoms with Gasteiger partial charge in [0.1, 0.15) is 13.2 Å². The molecule has 5 heteroatoms. The predicted molar refractivity (Wildman–Crippen MR) is 86.7 cm³/mol. The fourth-order valence-corrected chi connectivity index (χ4v) is 3.41. The third-order valence-electron chi connectivity index (χ3n) is 4.52. The summed E-state index contributed by atoms with van der Waals surface area (Å²) < 4.78 is 11.3. The van der Waals surface area contributed by atoms with Gasteiger partial charge in [0.05, 0.1) is 5.69 Å². The Morgan fingerprint density at radius 2 is 2.04 bits per heavy atom. The zero-order valence-corrected chi connectivity index (χ0v) is 13.1. The summed E-state index contributed by atoms with van der Waals surface area (Å²) in [4.78, 5) is 11.2. The average molecular weight is 311 g/mol. The molecule has 1 saturated heterocycles. The Balaban J connectivity index is 1.44. The first kappa shape index (κ1) is 14.5. The molecule has 0 radical (unpaired) electrons. The summed E-state index contributed by atoms with van der Waals surface area (Å²) >= 11 is 0. The van der Waals surface area contributed by atoms with Crippen molar-refractivity contribution >= 4 is 0 Å². The third kappa shape index (κ3) is 3.29. The largest absolute Gasteiger partial charge is 0.486 e. The molecule has 0 bridgehead atoms. The van der Waals surface area contributed by atoms with Crippen LogP contribution in [0.2, 0.25) is 0 Å². The van der Waals surface area contributed by atoms with Crippen LogP contribution in [0.4, 0.5) is 0 Å². The van der Waals surface area contributed by atoms with Crippen LogP contribution in [0.5, 0.6) is 11.5 Å². The molecule has 2 aliphatic rings. The lowest BCUT2D eigenvalue weighted by molar-refractivity contribution is 0.170. The molecule has 2 aromatic rings. The van der Waals surface area contributed by atoms with E-state index in [1.54, 1.807) is 12.4 Å². The molecule has 5 nitrogen and oxygen atoms in total. The zero-order chi connectivity index (χ0) is 15.5. The van der Waals surface area contributed by atoms with E-state index < -0.39 is 0 Å². The second-order valence-corrected chi connectivity index (χ2v) is 6.18. The molecule has 0 N–H and O–H groups in total. The van der Waals surface area contributed by atoms with E-state index in [-0.39, 0.29) is 0 Å². The topological polar surface area (TPSA) is 47.5 Å². The van der Waals surface area contributed by atoms with Crippen molar-refractivity contribution in [2.45, 2.75) is 25.3 Å². The number of fused-ring (bicyclic) bond motifs is 1. The maximum absolute atomic E-state index is 5.68. The SMILES string of the molecule is c1cnc([C@@H]2CCCN(Cc3ccc4c(c3)OCCO4)C2)cn1. The summed E-state index contributed by atoms with van der Waals surface area (Å²) in [5, 5.41) is 0. The first-order valence-electron chi connectivity index (χ1n) is 8.25. The number of piperidine rings is 1. The molecule has 1 atom stereocenters. The van der Waals surface area contributed by atoms with Crippen LogP contribution in [0.1, 0.15) is 30.0 Å². The van der Waals surface area contributed by atoms with E-state index in [0.29, 0.717) is 19.1 Å². The first-order chi connectivity index (χ1) is 11.4. The Morgan fingerprint density at radius 3 is 2.91 bits per heavy atom. The highest BCUT2D eigenvalue weighted by Gasteiger charge is 2.23. The van der Waals surface area contributed by atoms with Crippen molar-refractivity contribution in [3.63, 3.8) is 0 Å². The van der Waals surface area contributed by atoms with E-state index in [2.05, 4.69) is 27.0 Å². The fourth-order valence-electron chi connectivity index (χ4n) is 3.41. The Hall–Kier alpha value is -2.14. The van der Waals surface area contributed by atoms with Crippen molar-refractivity contribution in [3.05, 3.63) is 48.0 Å². The number of aromatic nitrogens is 2. The number of hydrogen-bond acceptors (Lipinski definition) is 5. The summed E-state index contributed by atoms with van der Waals surface area (Å²) in [6.45, 7) is 4.37. The lowest BCUT2D eigenvalue weighted by atomic mass is 9.94. The molecule has 1 aromatic heterocycles. The minimum atomic E-state index is 0.481. The van der Waals surface area contributed by atoms with Crippen LogP contribution in [-0.4, -0.2) is 41.2 Å². The highest BCUT2D eigenvalue weighted by Crippen LogP contribution is 2.32. The Bertz CT molecular complexity index is 663. The number of rotatable bonds is 3. The molecule has 4 rings (SSSR count). The maximum Gasteiger partial charge on any atom is 0.161 e. The van der Waals surface area contributed by atoms with Crippen molar-refractivity contribution in [1.82, 2.24) is 14.9 Å². The molecule has 1 fully saturated rings. The highest BCUT2D eigenvalue weighted by molar-refractivity contribution is 5.43. The van der Waals surface area contributed by atoms with Gasteiger partial charge >= 0.3 is 0 Å². The highest BCUT2D eigenvalue weighted by atomic mass is 16.6. The van der Waals surface area contributed by atoms with E-state index >= 15 is 0 Å². The normalized spacial score (nSPS) is 21.1. The van der Waals surface area contributed by atoms with Gasteiger partial charge in [-0.1, -0.05) is 6.07 Å². The summed E-state index contributed by atoms with van der Waals surface area (Å²) in [6.07, 6.45) is 7.81. The molecule has 0 saturated carbocycles. The first-order valence-corrected chi connectivity index (χ1v) is 8.25. The van der Waals surface area contributed by atoms with Crippen molar-refractivity contribution < 1.29 is 9.47 Å². The van der Waals surface area contributed by atoms with Crippen LogP contribution in [0.3, 0.4) is 0 Å². The molecule has 0 amide bonds. The molecule has 1 aromatic carbocycles. The molecule has 120 valence electrons. The summed E-state index contributed by atoms with van der Waals surface area (Å²) in [6, 6.07) is 6.27. The molecular weight excluding hydrogens is 290 g/mol. The van der Waals surface area contributed by atoms with Crippen molar-refractivity contribution in [2.24, 2.45) is 0 Å². The quantitative estimate of drug-likeness (QED) is 0.872. The summed E-state index contributed by atoms with van der Waals surface area (Å²) in [7, 11) is 0. The number of hydrogen-bond donors (Lipinski definition) is 0. The molecule has 2 aliphatic heterocycles. The Kier molecular flexibility index (Phi) is 4.11. The van der Waals surface area contributed by atoms with Crippen molar-refractivity contribution in [3.8, 4) is 11.5 Å². The number of likely N-dealkylation sites (tertiary alicyclic amines) is 1. The Morgan fingerprint density at radius 1 is 1.13 bits per heavy atom. The monoisotopic (exact) mass is 311 g/mol. The van der Waals surface area contributed by atoms with E-state index in [0.717, 1.165) is 36.8 Å². The van der Waals surface area contributed by atoms with Gasteiger partial charge in [0.15, 0.2) is 11.5 Å². The smallest absolute Gasteiger partial charge is 0.161 e. The summed E-state index contributed by atoms with van der Waals surface area (Å²) in [5.74, 6) is 2.21. The van der Waals surface area contributed by atoms with Gasteiger partial charge in [-0.2, -0.15) is 0 Å². The van der Waals surface area contributed by atoms with Crippen LogP contribution < -0.4 is 9.47 Å². The van der Waals surface area contributed by atoms with Crippen LogP contribution in [0, 0.1) is 0 Å². The summed E-state index contributed by atoms with van der Waals surface area (Å²) in [5.41, 5.74) is 2.38. The lowest BCUT2D eigenvalue weighted by Gasteiger charge is -2.32. The maximum atomic E-state index is 5.68. The molecule has 0 aliphatic carbocycles. The third-order valence-corrected chi connectivity index (χ3v) is 4.52. The minimum Gasteiger partial charge on any atom is -0.486 e. The number of benzene rings is 1. The lowest BCUT2D eigenvalue weighted by Crippen LogP contribution is -2.34. The van der Waals surface area contributed by atoms with Gasteiger partial charge in [-0.3, -0.25) is 14.9 Å². The van der Waals surface area contributed by atoms with Gasteiger partial charge in [0, 0.05) is 37.6 Å². The number of ether oxygens (including phenoxy) is 2. The Labute approximate surface area is 136 Å². The van der Waals surface area contributed by atoms with Crippen LogP contribution in [0.15, 0.2) is 36.8 Å². The van der Waals surface area contributed by atoms with E-state index in [4.69, 9.17) is 9.47 Å². The van der Waals surface area contributed by atoms with Crippen LogP contribution in [0.25, 0.3) is 0 Å². The molecule has 0 unspecified atom stereocenters. The van der Waals surface area contributed by atoms with E-state index in [1.165, 1.54) is 18.4 Å². The van der Waals surface area contributed by atoms with Gasteiger partial charge in [0.25, 0.3) is 0 Å². The van der Waals surface area contributed by atoms with Crippen molar-refractivity contribution in [1.29, 1.82) is 0 Å². The number of nitrogens with zero attached hydrogens (tertiary/aromatic N) is 3. The van der Waals surface area contributed by atoms with Gasteiger partial charge in [0.2, 0.25) is 0 Å². The standard InChI is InChI=1S/C18H21N3O2/c1-2-15(16-11-19-5-6-20-16)13-21(7-1)12-14-3-4-17-18(10-14)23-9-8-22-17/h3-6,10-11,15H,1-2,7-9,12-13H2/t15-/m1/s1. The van der Waals surface area contributed by atoms with E-state index in [9.17, 15) is 0 Å². The fraction of sp³-hybridized carbons (Fsp3) is 0.444. The van der Waals surface area contributed by atoms with Crippen molar-refractivity contribution in [2.75, 3.05) is 26.3 Å². The second-order valence-electron chi connectivity index (χ2n) is 6.18. The average Bonchev–Trinajstić information content (AvgIpc) is 2.63. The van der Waals surface area contributed by atoms with Gasteiger partial charge in [-0.05, 0) is 37.1 Å². The predicted octanol–water partition coefficient (Wildman–Crippen LogP) is 2.63. The molecular formula is C18H21N3O2. The molecule has 23 heavy (non-hydrogen) atoms. The van der Waals surface area contributed by atoms with Gasteiger partial charge < -0.3 is 9.47 Å². The molecule has 0 spiro atoms. The molecule has 3 heterocycles. The second kappa shape index (κ2) is 6.54. The van der Waals surface area contributed by atoms with Crippen LogP contribution in [-0.2, 0) is 6.54 Å². The zero-order valence-electron chi connectivity index (χ0n) is 13.1. The van der Waals surface area contributed by atoms with Gasteiger partial charge in [-0.15, -0.1) is 0 Å². The van der Waals surface area contributed by atoms with Gasteiger partial charge in [-0.25, -0.2) is 0 Å². The van der Waals surface area contributed by atoms with Crippen LogP contribution >= 0.6 is 0 Å². The van der Waals surface area contributed by atoms with E-state index in [1.807, 2.05) is 12.3 Å². The minimum absolute atomic E-state index is 0.481.